The SMILES string of the molecule is C[C@@H]1CCCN[C@@H]1C(N)=O.C[C@H]1CCCN[C@H]1C(N)=O. The number of hydrogen-bond acceptors (Lipinski definition) is 4. The first kappa shape index (κ1) is 16.9. The molecule has 0 unspecified atom stereocenters. The third-order valence-electron chi connectivity index (χ3n) is 4.15. The fourth-order valence-corrected chi connectivity index (χ4v) is 2.86. The van der Waals surface area contributed by atoms with E-state index >= 15 is 0 Å². The maximum absolute atomic E-state index is 10.7. The normalized spacial score (nSPS) is 33.7. The number of nitrogens with two attached hydrogens (primary N) is 2. The minimum absolute atomic E-state index is 0.0891. The first-order chi connectivity index (χ1) is 9.43. The lowest BCUT2D eigenvalue weighted by Gasteiger charge is -2.27. The van der Waals surface area contributed by atoms with Gasteiger partial charge in [-0.2, -0.15) is 0 Å². The molecule has 2 aliphatic rings. The van der Waals surface area contributed by atoms with Gasteiger partial charge in [0.15, 0.2) is 0 Å². The van der Waals surface area contributed by atoms with Gasteiger partial charge in [-0.1, -0.05) is 13.8 Å². The molecule has 0 aromatic rings. The van der Waals surface area contributed by atoms with Gasteiger partial charge in [0, 0.05) is 0 Å². The van der Waals surface area contributed by atoms with E-state index in [1.165, 1.54) is 0 Å². The van der Waals surface area contributed by atoms with E-state index in [-0.39, 0.29) is 23.9 Å². The van der Waals surface area contributed by atoms with E-state index in [9.17, 15) is 9.59 Å². The Hall–Kier alpha value is -1.14. The highest BCUT2D eigenvalue weighted by molar-refractivity contribution is 5.80. The number of rotatable bonds is 2. The zero-order chi connectivity index (χ0) is 15.1. The van der Waals surface area contributed by atoms with Crippen LogP contribution in [0.2, 0.25) is 0 Å². The van der Waals surface area contributed by atoms with Gasteiger partial charge in [-0.15, -0.1) is 0 Å². The second kappa shape index (κ2) is 8.21. The molecule has 0 bridgehead atoms. The van der Waals surface area contributed by atoms with Crippen molar-refractivity contribution in [1.29, 1.82) is 0 Å². The Morgan fingerprint density at radius 3 is 1.40 bits per heavy atom. The summed E-state index contributed by atoms with van der Waals surface area (Å²) in [5.41, 5.74) is 10.3. The van der Waals surface area contributed by atoms with E-state index < -0.39 is 0 Å². The maximum atomic E-state index is 10.7. The number of primary amides is 2. The zero-order valence-electron chi connectivity index (χ0n) is 12.5. The molecule has 2 saturated heterocycles. The summed E-state index contributed by atoms with van der Waals surface area (Å²) in [6.45, 7) is 5.97. The van der Waals surface area contributed by atoms with E-state index in [4.69, 9.17) is 11.5 Å². The Bertz CT molecular complexity index is 303. The molecule has 4 atom stereocenters. The van der Waals surface area contributed by atoms with Crippen LogP contribution in [0.25, 0.3) is 0 Å². The van der Waals surface area contributed by atoms with Gasteiger partial charge < -0.3 is 22.1 Å². The molecule has 0 aromatic carbocycles. The highest BCUT2D eigenvalue weighted by atomic mass is 16.1. The Morgan fingerprint density at radius 1 is 0.850 bits per heavy atom. The summed E-state index contributed by atoms with van der Waals surface area (Å²) in [4.78, 5) is 21.4. The Morgan fingerprint density at radius 2 is 1.20 bits per heavy atom. The molecule has 0 aromatic heterocycles. The zero-order valence-corrected chi connectivity index (χ0v) is 12.5. The molecule has 0 spiro atoms. The molecule has 2 rings (SSSR count). The van der Waals surface area contributed by atoms with Crippen LogP contribution in [0, 0.1) is 11.8 Å². The van der Waals surface area contributed by atoms with Crippen LogP contribution in [0.1, 0.15) is 39.5 Å². The van der Waals surface area contributed by atoms with Gasteiger partial charge in [0.2, 0.25) is 11.8 Å². The smallest absolute Gasteiger partial charge is 0.234 e. The highest BCUT2D eigenvalue weighted by Gasteiger charge is 2.25. The summed E-state index contributed by atoms with van der Waals surface area (Å²) in [7, 11) is 0. The fraction of sp³-hybridized carbons (Fsp3) is 0.857. The van der Waals surface area contributed by atoms with Crippen molar-refractivity contribution in [2.24, 2.45) is 23.3 Å². The second-order valence-corrected chi connectivity index (χ2v) is 5.91. The molecule has 0 saturated carbocycles. The van der Waals surface area contributed by atoms with Gasteiger partial charge in [-0.3, -0.25) is 9.59 Å². The molecule has 2 amide bonds. The lowest BCUT2D eigenvalue weighted by Crippen LogP contribution is -2.48. The third-order valence-corrected chi connectivity index (χ3v) is 4.15. The molecule has 2 heterocycles. The van der Waals surface area contributed by atoms with Crippen LogP contribution >= 0.6 is 0 Å². The number of carbonyl (C=O) groups is 2. The molecular weight excluding hydrogens is 256 g/mol. The number of piperidine rings is 2. The van der Waals surface area contributed by atoms with Gasteiger partial charge in [0.05, 0.1) is 12.1 Å². The Kier molecular flexibility index (Phi) is 6.95. The second-order valence-electron chi connectivity index (χ2n) is 5.91. The minimum atomic E-state index is -0.216. The largest absolute Gasteiger partial charge is 0.368 e. The molecule has 2 fully saturated rings. The van der Waals surface area contributed by atoms with Gasteiger partial charge in [-0.25, -0.2) is 0 Å². The van der Waals surface area contributed by atoms with Crippen LogP contribution in [-0.4, -0.2) is 37.0 Å². The molecule has 6 heteroatoms. The quantitative estimate of drug-likeness (QED) is 0.559. The topological polar surface area (TPSA) is 110 Å². The van der Waals surface area contributed by atoms with E-state index in [1.807, 2.05) is 0 Å². The Labute approximate surface area is 121 Å². The van der Waals surface area contributed by atoms with Gasteiger partial charge in [0.25, 0.3) is 0 Å². The minimum Gasteiger partial charge on any atom is -0.368 e. The molecule has 6 nitrogen and oxygen atoms in total. The van der Waals surface area contributed by atoms with Gasteiger partial charge in [0.1, 0.15) is 0 Å². The summed E-state index contributed by atoms with van der Waals surface area (Å²) in [6, 6.07) is -0.178. The van der Waals surface area contributed by atoms with Crippen molar-refractivity contribution in [1.82, 2.24) is 10.6 Å². The molecule has 6 N–H and O–H groups in total. The van der Waals surface area contributed by atoms with Crippen molar-refractivity contribution in [2.75, 3.05) is 13.1 Å². The third kappa shape index (κ3) is 5.09. The van der Waals surface area contributed by atoms with Crippen molar-refractivity contribution in [3.8, 4) is 0 Å². The predicted octanol–water partition coefficient (Wildman–Crippen LogP) is -0.280. The molecule has 20 heavy (non-hydrogen) atoms. The molecule has 2 aliphatic heterocycles. The monoisotopic (exact) mass is 284 g/mol. The summed E-state index contributed by atoms with van der Waals surface area (Å²) < 4.78 is 0. The number of hydrogen-bond donors (Lipinski definition) is 4. The van der Waals surface area contributed by atoms with Crippen molar-refractivity contribution >= 4 is 11.8 Å². The number of nitrogens with one attached hydrogen (secondary N) is 2. The highest BCUT2D eigenvalue weighted by Crippen LogP contribution is 2.15. The van der Waals surface area contributed by atoms with Crippen LogP contribution in [0.5, 0.6) is 0 Å². The van der Waals surface area contributed by atoms with Crippen molar-refractivity contribution in [3.05, 3.63) is 0 Å². The first-order valence-electron chi connectivity index (χ1n) is 7.49. The van der Waals surface area contributed by atoms with Crippen molar-refractivity contribution in [3.63, 3.8) is 0 Å². The van der Waals surface area contributed by atoms with Crippen LogP contribution < -0.4 is 22.1 Å². The predicted molar refractivity (Wildman–Crippen MR) is 78.8 cm³/mol. The van der Waals surface area contributed by atoms with Crippen LogP contribution in [-0.2, 0) is 9.59 Å². The average molecular weight is 284 g/mol. The number of carbonyl (C=O) groups excluding carboxylic acids is 2. The molecule has 0 aliphatic carbocycles. The van der Waals surface area contributed by atoms with E-state index in [0.717, 1.165) is 38.8 Å². The van der Waals surface area contributed by atoms with E-state index in [2.05, 4.69) is 24.5 Å². The molecular formula is C14H28N4O2. The summed E-state index contributed by atoms with van der Waals surface area (Å²) in [5, 5.41) is 6.19. The van der Waals surface area contributed by atoms with Gasteiger partial charge in [-0.05, 0) is 50.6 Å². The molecule has 116 valence electrons. The van der Waals surface area contributed by atoms with Crippen molar-refractivity contribution < 1.29 is 9.59 Å². The Balaban J connectivity index is 0.000000200. The maximum Gasteiger partial charge on any atom is 0.234 e. The standard InChI is InChI=1S/2C7H14N2O/c2*1-5-3-2-4-9-6(5)7(8)10/h2*5-6,9H,2-4H2,1H3,(H2,8,10)/t2*5-,6+/m10/s1. The van der Waals surface area contributed by atoms with Crippen LogP contribution in [0.15, 0.2) is 0 Å². The lowest BCUT2D eigenvalue weighted by atomic mass is 9.92. The summed E-state index contributed by atoms with van der Waals surface area (Å²) in [6.07, 6.45) is 4.54. The summed E-state index contributed by atoms with van der Waals surface area (Å²) in [5.74, 6) is 0.386. The summed E-state index contributed by atoms with van der Waals surface area (Å²) >= 11 is 0. The lowest BCUT2D eigenvalue weighted by molar-refractivity contribution is -0.122. The van der Waals surface area contributed by atoms with E-state index in [0.29, 0.717) is 11.8 Å². The molecule has 0 radical (unpaired) electrons. The average Bonchev–Trinajstić information content (AvgIpc) is 2.40. The fourth-order valence-electron chi connectivity index (χ4n) is 2.86. The van der Waals surface area contributed by atoms with Crippen molar-refractivity contribution in [2.45, 2.75) is 51.6 Å². The van der Waals surface area contributed by atoms with Crippen LogP contribution in [0.4, 0.5) is 0 Å². The van der Waals surface area contributed by atoms with Gasteiger partial charge >= 0.3 is 0 Å². The number of amides is 2. The van der Waals surface area contributed by atoms with Crippen LogP contribution in [0.3, 0.4) is 0 Å². The first-order valence-corrected chi connectivity index (χ1v) is 7.49. The van der Waals surface area contributed by atoms with E-state index in [1.54, 1.807) is 0 Å².